The van der Waals surface area contributed by atoms with Crippen molar-refractivity contribution >= 4 is 11.6 Å². The topological polar surface area (TPSA) is 50.8 Å². The summed E-state index contributed by atoms with van der Waals surface area (Å²) in [6.45, 7) is 3.25. The van der Waals surface area contributed by atoms with Crippen molar-refractivity contribution in [1.82, 2.24) is 4.90 Å². The minimum atomic E-state index is -4.40. The van der Waals surface area contributed by atoms with Gasteiger partial charge in [-0.05, 0) is 55.9 Å². The Morgan fingerprint density at radius 1 is 1.11 bits per heavy atom. The Bertz CT molecular complexity index is 838. The number of fused-ring (bicyclic) bond motifs is 1. The van der Waals surface area contributed by atoms with E-state index in [-0.39, 0.29) is 5.91 Å². The smallest absolute Gasteiger partial charge is 0.416 e. The number of benzene rings is 2. The fourth-order valence-corrected chi connectivity index (χ4v) is 2.80. The quantitative estimate of drug-likeness (QED) is 0.835. The molecule has 0 aromatic heterocycles. The molecule has 1 N–H and O–H groups in total. The monoisotopic (exact) mass is 394 g/mol. The van der Waals surface area contributed by atoms with Crippen LogP contribution in [0.5, 0.6) is 11.5 Å². The van der Waals surface area contributed by atoms with Crippen molar-refractivity contribution in [3.05, 3.63) is 53.6 Å². The standard InChI is InChI=1S/C20H21F3N2O3/c1-13(19(26)24-16-6-4-15(5-7-16)20(21,22)23)25(2)12-14-3-8-17-18(11-14)28-10-9-27-17/h3-8,11,13H,9-10,12H2,1-2H3,(H,24,26)/t13-/m1/s1. The lowest BCUT2D eigenvalue weighted by atomic mass is 10.1. The molecule has 8 heteroatoms. The zero-order valence-electron chi connectivity index (χ0n) is 15.5. The molecule has 0 fully saturated rings. The van der Waals surface area contributed by atoms with Crippen molar-refractivity contribution in [2.75, 3.05) is 25.6 Å². The molecule has 2 aromatic rings. The van der Waals surface area contributed by atoms with Gasteiger partial charge in [0, 0.05) is 12.2 Å². The highest BCUT2D eigenvalue weighted by Crippen LogP contribution is 2.31. The van der Waals surface area contributed by atoms with E-state index in [2.05, 4.69) is 5.32 Å². The summed E-state index contributed by atoms with van der Waals surface area (Å²) in [6, 6.07) is 9.51. The largest absolute Gasteiger partial charge is 0.486 e. The van der Waals surface area contributed by atoms with Crippen LogP contribution in [0.15, 0.2) is 42.5 Å². The molecule has 5 nitrogen and oxygen atoms in total. The van der Waals surface area contributed by atoms with E-state index in [1.165, 1.54) is 12.1 Å². The third-order valence-electron chi connectivity index (χ3n) is 4.56. The molecule has 0 bridgehead atoms. The summed E-state index contributed by atoms with van der Waals surface area (Å²) in [5.41, 5.74) is 0.521. The van der Waals surface area contributed by atoms with Crippen molar-refractivity contribution in [2.24, 2.45) is 0 Å². The van der Waals surface area contributed by atoms with Crippen LogP contribution in [0.2, 0.25) is 0 Å². The van der Waals surface area contributed by atoms with E-state index < -0.39 is 17.8 Å². The number of hydrogen-bond acceptors (Lipinski definition) is 4. The van der Waals surface area contributed by atoms with Gasteiger partial charge < -0.3 is 14.8 Å². The van der Waals surface area contributed by atoms with E-state index in [4.69, 9.17) is 9.47 Å². The number of ether oxygens (including phenoxy) is 2. The molecule has 1 atom stereocenters. The Kier molecular flexibility index (Phi) is 5.79. The number of rotatable bonds is 5. The molecular formula is C20H21F3N2O3. The Morgan fingerprint density at radius 3 is 2.39 bits per heavy atom. The number of nitrogens with one attached hydrogen (secondary N) is 1. The van der Waals surface area contributed by atoms with Crippen molar-refractivity contribution in [1.29, 1.82) is 0 Å². The summed E-state index contributed by atoms with van der Waals surface area (Å²) in [4.78, 5) is 14.3. The summed E-state index contributed by atoms with van der Waals surface area (Å²) in [6.07, 6.45) is -4.40. The highest BCUT2D eigenvalue weighted by Gasteiger charge is 2.30. The lowest BCUT2D eigenvalue weighted by Crippen LogP contribution is -2.39. The van der Waals surface area contributed by atoms with Gasteiger partial charge in [0.2, 0.25) is 5.91 Å². The number of hydrogen-bond donors (Lipinski definition) is 1. The summed E-state index contributed by atoms with van der Waals surface area (Å²) >= 11 is 0. The average Bonchev–Trinajstić information content (AvgIpc) is 2.67. The third kappa shape index (κ3) is 4.75. The van der Waals surface area contributed by atoms with E-state index in [0.717, 1.165) is 17.7 Å². The van der Waals surface area contributed by atoms with Gasteiger partial charge in [-0.1, -0.05) is 6.07 Å². The van der Waals surface area contributed by atoms with Crippen LogP contribution in [0.4, 0.5) is 18.9 Å². The molecule has 2 aromatic carbocycles. The Hall–Kier alpha value is -2.74. The van der Waals surface area contributed by atoms with E-state index in [1.54, 1.807) is 14.0 Å². The van der Waals surface area contributed by atoms with Crippen LogP contribution < -0.4 is 14.8 Å². The normalized spacial score (nSPS) is 14.6. The van der Waals surface area contributed by atoms with Gasteiger partial charge in [-0.25, -0.2) is 0 Å². The van der Waals surface area contributed by atoms with Crippen molar-refractivity contribution in [2.45, 2.75) is 25.7 Å². The van der Waals surface area contributed by atoms with Crippen LogP contribution in [-0.2, 0) is 17.5 Å². The Balaban J connectivity index is 1.59. The highest BCUT2D eigenvalue weighted by atomic mass is 19.4. The molecule has 0 aliphatic carbocycles. The van der Waals surface area contributed by atoms with Crippen molar-refractivity contribution in [3.63, 3.8) is 0 Å². The predicted octanol–water partition coefficient (Wildman–Crippen LogP) is 3.94. The fourth-order valence-electron chi connectivity index (χ4n) is 2.80. The zero-order valence-corrected chi connectivity index (χ0v) is 15.5. The SMILES string of the molecule is C[C@H](C(=O)Nc1ccc(C(F)(F)F)cc1)N(C)Cc1ccc2c(c1)OCCO2. The maximum absolute atomic E-state index is 12.6. The van der Waals surface area contributed by atoms with Gasteiger partial charge in [0.1, 0.15) is 13.2 Å². The molecule has 150 valence electrons. The second-order valence-electron chi connectivity index (χ2n) is 6.63. The molecule has 0 spiro atoms. The number of amides is 1. The predicted molar refractivity (Wildman–Crippen MR) is 98.4 cm³/mol. The summed E-state index contributed by atoms with van der Waals surface area (Å²) in [5, 5.41) is 2.64. The molecule has 0 unspecified atom stereocenters. The summed E-state index contributed by atoms with van der Waals surface area (Å²) in [7, 11) is 1.80. The van der Waals surface area contributed by atoms with E-state index in [9.17, 15) is 18.0 Å². The second kappa shape index (κ2) is 8.10. The number of nitrogens with zero attached hydrogens (tertiary/aromatic N) is 1. The van der Waals surface area contributed by atoms with Gasteiger partial charge in [0.15, 0.2) is 11.5 Å². The zero-order chi connectivity index (χ0) is 20.3. The molecule has 0 saturated carbocycles. The molecule has 1 heterocycles. The number of anilines is 1. The number of likely N-dealkylation sites (N-methyl/N-ethyl adjacent to an activating group) is 1. The van der Waals surface area contributed by atoms with Gasteiger partial charge >= 0.3 is 6.18 Å². The first-order valence-electron chi connectivity index (χ1n) is 8.81. The number of carbonyl (C=O) groups is 1. The Morgan fingerprint density at radius 2 is 1.75 bits per heavy atom. The molecular weight excluding hydrogens is 373 g/mol. The molecule has 1 aliphatic rings. The minimum absolute atomic E-state index is 0.306. The lowest BCUT2D eigenvalue weighted by molar-refractivity contribution is -0.137. The molecule has 0 radical (unpaired) electrons. The number of alkyl halides is 3. The van der Waals surface area contributed by atoms with Gasteiger partial charge in [0.05, 0.1) is 11.6 Å². The summed E-state index contributed by atoms with van der Waals surface area (Å²) in [5.74, 6) is 1.07. The third-order valence-corrected chi connectivity index (χ3v) is 4.56. The van der Waals surface area contributed by atoms with Crippen LogP contribution >= 0.6 is 0 Å². The first kappa shape index (κ1) is 20.0. The van der Waals surface area contributed by atoms with Crippen molar-refractivity contribution in [3.8, 4) is 11.5 Å². The molecule has 3 rings (SSSR count). The molecule has 28 heavy (non-hydrogen) atoms. The van der Waals surface area contributed by atoms with E-state index in [1.807, 2.05) is 23.1 Å². The van der Waals surface area contributed by atoms with Gasteiger partial charge in [-0.2, -0.15) is 13.2 Å². The minimum Gasteiger partial charge on any atom is -0.486 e. The molecule has 0 saturated heterocycles. The average molecular weight is 394 g/mol. The highest BCUT2D eigenvalue weighted by molar-refractivity contribution is 5.94. The van der Waals surface area contributed by atoms with E-state index >= 15 is 0 Å². The first-order valence-corrected chi connectivity index (χ1v) is 8.81. The van der Waals surface area contributed by atoms with Crippen LogP contribution in [-0.4, -0.2) is 37.1 Å². The van der Waals surface area contributed by atoms with Crippen LogP contribution in [0.3, 0.4) is 0 Å². The van der Waals surface area contributed by atoms with Gasteiger partial charge in [-0.15, -0.1) is 0 Å². The van der Waals surface area contributed by atoms with Crippen LogP contribution in [0, 0.1) is 0 Å². The maximum atomic E-state index is 12.6. The fraction of sp³-hybridized carbons (Fsp3) is 0.350. The number of carbonyl (C=O) groups excluding carboxylic acids is 1. The number of halogens is 3. The van der Waals surface area contributed by atoms with Crippen LogP contribution in [0.25, 0.3) is 0 Å². The maximum Gasteiger partial charge on any atom is 0.416 e. The lowest BCUT2D eigenvalue weighted by Gasteiger charge is -2.25. The van der Waals surface area contributed by atoms with Crippen LogP contribution in [0.1, 0.15) is 18.1 Å². The first-order chi connectivity index (χ1) is 13.2. The van der Waals surface area contributed by atoms with Crippen molar-refractivity contribution < 1.29 is 27.4 Å². The second-order valence-corrected chi connectivity index (χ2v) is 6.63. The summed E-state index contributed by atoms with van der Waals surface area (Å²) < 4.78 is 48.9. The molecule has 1 aliphatic heterocycles. The van der Waals surface area contributed by atoms with Gasteiger partial charge in [0.25, 0.3) is 0 Å². The van der Waals surface area contributed by atoms with Gasteiger partial charge in [-0.3, -0.25) is 9.69 Å². The Labute approximate surface area is 161 Å². The van der Waals surface area contributed by atoms with E-state index in [0.29, 0.717) is 36.9 Å². The molecule has 1 amide bonds.